The van der Waals surface area contributed by atoms with Crippen LogP contribution in [0.2, 0.25) is 0 Å². The minimum atomic E-state index is -0.343. The number of nitrogens with one attached hydrogen (secondary N) is 1. The van der Waals surface area contributed by atoms with E-state index < -0.39 is 0 Å². The number of amides is 3. The van der Waals surface area contributed by atoms with Crippen LogP contribution in [0.1, 0.15) is 16.7 Å². The summed E-state index contributed by atoms with van der Waals surface area (Å²) in [6.07, 6.45) is 1.67. The molecule has 0 radical (unpaired) electrons. The number of ether oxygens (including phenoxy) is 2. The van der Waals surface area contributed by atoms with E-state index in [-0.39, 0.29) is 30.2 Å². The highest BCUT2D eigenvalue weighted by Gasteiger charge is 2.35. The Morgan fingerprint density at radius 3 is 2.60 bits per heavy atom. The average Bonchev–Trinajstić information content (AvgIpc) is 3.19. The van der Waals surface area contributed by atoms with Crippen LogP contribution >= 0.6 is 34.4 Å². The largest absolute Gasteiger partial charge is 0.493 e. The smallest absolute Gasteiger partial charge is 0.293 e. The summed E-state index contributed by atoms with van der Waals surface area (Å²) in [6, 6.07) is 24.8. The van der Waals surface area contributed by atoms with Gasteiger partial charge in [-0.1, -0.05) is 54.6 Å². The first kappa shape index (κ1) is 27.7. The summed E-state index contributed by atoms with van der Waals surface area (Å²) in [5, 5.41) is 4.57. The van der Waals surface area contributed by atoms with Crippen LogP contribution in [0.25, 0.3) is 16.8 Å². The number of methoxy groups -OCH3 is 1. The number of carbonyl (C=O) groups is 3. The van der Waals surface area contributed by atoms with Crippen LogP contribution in [-0.4, -0.2) is 35.7 Å². The molecule has 202 valence electrons. The zero-order valence-corrected chi connectivity index (χ0v) is 24.7. The predicted molar refractivity (Wildman–Crippen MR) is 166 cm³/mol. The number of halogens is 1. The van der Waals surface area contributed by atoms with Crippen molar-refractivity contribution in [2.45, 2.75) is 13.5 Å². The Morgan fingerprint density at radius 1 is 1.02 bits per heavy atom. The summed E-state index contributed by atoms with van der Waals surface area (Å²) in [5.74, 6) is 0.192. The molecule has 5 rings (SSSR count). The van der Waals surface area contributed by atoms with E-state index in [0.29, 0.717) is 31.2 Å². The van der Waals surface area contributed by atoms with Gasteiger partial charge in [-0.25, -0.2) is 0 Å². The van der Waals surface area contributed by atoms with Crippen molar-refractivity contribution < 1.29 is 23.9 Å². The van der Waals surface area contributed by atoms with Gasteiger partial charge < -0.3 is 14.8 Å². The monoisotopic (exact) mass is 664 g/mol. The molecule has 4 aromatic carbocycles. The molecule has 1 heterocycles. The SMILES string of the molecule is COc1cc(/C=C2\SC(=O)N(Cc3cccc4ccccc34)C2=O)cc(I)c1OCC(=O)Nc1cccc(C)c1. The van der Waals surface area contributed by atoms with Crippen LogP contribution in [0.5, 0.6) is 11.5 Å². The quantitative estimate of drug-likeness (QED) is 0.161. The number of carbonyl (C=O) groups excluding carboxylic acids is 3. The topological polar surface area (TPSA) is 84.9 Å². The van der Waals surface area contributed by atoms with Crippen molar-refractivity contribution in [1.82, 2.24) is 4.90 Å². The molecule has 1 saturated heterocycles. The van der Waals surface area contributed by atoms with Crippen LogP contribution < -0.4 is 14.8 Å². The minimum absolute atomic E-state index is 0.196. The second-order valence-electron chi connectivity index (χ2n) is 9.15. The molecule has 1 fully saturated rings. The van der Waals surface area contributed by atoms with Crippen LogP contribution in [0.3, 0.4) is 0 Å². The normalized spacial score (nSPS) is 14.2. The standard InChI is InChI=1S/C31H25IN2O5S/c1-19-7-5-11-23(13-19)33-28(35)18-39-29-25(32)14-20(15-26(29)38-2)16-27-30(36)34(31(37)40-27)17-22-10-6-9-21-8-3-4-12-24(21)22/h3-16H,17-18H2,1-2H3,(H,33,35)/b27-16-. The number of thioether (sulfide) groups is 1. The highest BCUT2D eigenvalue weighted by Crippen LogP contribution is 2.38. The lowest BCUT2D eigenvalue weighted by Crippen LogP contribution is -2.27. The van der Waals surface area contributed by atoms with Gasteiger partial charge in [0.15, 0.2) is 18.1 Å². The maximum atomic E-state index is 13.2. The van der Waals surface area contributed by atoms with E-state index in [9.17, 15) is 14.4 Å². The van der Waals surface area contributed by atoms with Crippen molar-refractivity contribution >= 4 is 73.9 Å². The lowest BCUT2D eigenvalue weighted by Gasteiger charge is -2.15. The van der Waals surface area contributed by atoms with E-state index in [4.69, 9.17) is 9.47 Å². The fraction of sp³-hybridized carbons (Fsp3) is 0.129. The molecule has 9 heteroatoms. The molecular formula is C31H25IN2O5S. The van der Waals surface area contributed by atoms with Crippen molar-refractivity contribution in [2.75, 3.05) is 19.0 Å². The number of hydrogen-bond donors (Lipinski definition) is 1. The van der Waals surface area contributed by atoms with E-state index in [1.165, 1.54) is 12.0 Å². The van der Waals surface area contributed by atoms with Crippen molar-refractivity contribution in [3.8, 4) is 11.5 Å². The third-order valence-electron chi connectivity index (χ3n) is 6.28. The van der Waals surface area contributed by atoms with Crippen molar-refractivity contribution in [2.24, 2.45) is 0 Å². The van der Waals surface area contributed by atoms with Gasteiger partial charge in [0.2, 0.25) is 0 Å². The fourth-order valence-electron chi connectivity index (χ4n) is 4.41. The minimum Gasteiger partial charge on any atom is -0.493 e. The van der Waals surface area contributed by atoms with Gasteiger partial charge in [0.1, 0.15) is 0 Å². The zero-order chi connectivity index (χ0) is 28.2. The van der Waals surface area contributed by atoms with Crippen molar-refractivity contribution in [3.05, 3.63) is 104 Å². The van der Waals surface area contributed by atoms with E-state index in [0.717, 1.165) is 33.7 Å². The Bertz CT molecular complexity index is 1660. The molecule has 0 aromatic heterocycles. The molecule has 0 atom stereocenters. The van der Waals surface area contributed by atoms with E-state index in [1.807, 2.05) is 79.7 Å². The molecule has 0 saturated carbocycles. The number of anilines is 1. The number of aryl methyl sites for hydroxylation is 1. The molecule has 1 N–H and O–H groups in total. The van der Waals surface area contributed by atoms with E-state index >= 15 is 0 Å². The lowest BCUT2D eigenvalue weighted by molar-refractivity contribution is -0.123. The summed E-state index contributed by atoms with van der Waals surface area (Å²) < 4.78 is 12.0. The first-order valence-electron chi connectivity index (χ1n) is 12.4. The van der Waals surface area contributed by atoms with Gasteiger partial charge in [0, 0.05) is 5.69 Å². The van der Waals surface area contributed by atoms with Crippen molar-refractivity contribution in [3.63, 3.8) is 0 Å². The van der Waals surface area contributed by atoms with E-state index in [2.05, 4.69) is 27.9 Å². The number of rotatable bonds is 8. The molecule has 40 heavy (non-hydrogen) atoms. The maximum absolute atomic E-state index is 13.2. The van der Waals surface area contributed by atoms with Gasteiger partial charge >= 0.3 is 0 Å². The van der Waals surface area contributed by atoms with Crippen LogP contribution in [0.4, 0.5) is 10.5 Å². The van der Waals surface area contributed by atoms with Crippen molar-refractivity contribution in [1.29, 1.82) is 0 Å². The molecule has 4 aromatic rings. The molecule has 3 amide bonds. The highest BCUT2D eigenvalue weighted by molar-refractivity contribution is 14.1. The van der Waals surface area contributed by atoms with Crippen LogP contribution in [-0.2, 0) is 16.1 Å². The Hall–Kier alpha value is -3.83. The first-order chi connectivity index (χ1) is 19.3. The van der Waals surface area contributed by atoms with Gasteiger partial charge in [0.05, 0.1) is 22.1 Å². The summed E-state index contributed by atoms with van der Waals surface area (Å²) in [7, 11) is 1.51. The fourth-order valence-corrected chi connectivity index (χ4v) is 6.03. The number of fused-ring (bicyclic) bond motifs is 1. The summed E-state index contributed by atoms with van der Waals surface area (Å²) in [5.41, 5.74) is 3.32. The van der Waals surface area contributed by atoms with Gasteiger partial charge in [0.25, 0.3) is 17.1 Å². The third-order valence-corrected chi connectivity index (χ3v) is 7.99. The lowest BCUT2D eigenvalue weighted by atomic mass is 10.0. The Balaban J connectivity index is 1.31. The maximum Gasteiger partial charge on any atom is 0.293 e. The van der Waals surface area contributed by atoms with E-state index in [1.54, 1.807) is 12.1 Å². The average molecular weight is 665 g/mol. The number of nitrogens with zero attached hydrogens (tertiary/aromatic N) is 1. The number of hydrogen-bond acceptors (Lipinski definition) is 6. The van der Waals surface area contributed by atoms with Gasteiger partial charge in [-0.2, -0.15) is 0 Å². The highest BCUT2D eigenvalue weighted by atomic mass is 127. The second-order valence-corrected chi connectivity index (χ2v) is 11.3. The summed E-state index contributed by atoms with van der Waals surface area (Å²) in [6.45, 7) is 1.95. The molecular weight excluding hydrogens is 639 g/mol. The molecule has 0 aliphatic carbocycles. The first-order valence-corrected chi connectivity index (χ1v) is 14.3. The van der Waals surface area contributed by atoms with Gasteiger partial charge in [-0.3, -0.25) is 19.3 Å². The molecule has 0 bridgehead atoms. The summed E-state index contributed by atoms with van der Waals surface area (Å²) in [4.78, 5) is 40.1. The number of benzene rings is 4. The number of imide groups is 1. The molecule has 1 aliphatic rings. The zero-order valence-electron chi connectivity index (χ0n) is 21.8. The van der Waals surface area contributed by atoms with Crippen LogP contribution in [0.15, 0.2) is 83.8 Å². The van der Waals surface area contributed by atoms with Gasteiger partial charge in [-0.05, 0) is 99.1 Å². The summed E-state index contributed by atoms with van der Waals surface area (Å²) >= 11 is 3.01. The molecule has 1 aliphatic heterocycles. The third kappa shape index (κ3) is 6.15. The Kier molecular flexibility index (Phi) is 8.41. The second kappa shape index (κ2) is 12.1. The Labute approximate surface area is 249 Å². The van der Waals surface area contributed by atoms with Crippen LogP contribution in [0, 0.1) is 10.5 Å². The molecule has 0 unspecified atom stereocenters. The predicted octanol–water partition coefficient (Wildman–Crippen LogP) is 7.02. The molecule has 0 spiro atoms. The molecule has 7 nitrogen and oxygen atoms in total. The van der Waals surface area contributed by atoms with Gasteiger partial charge in [-0.15, -0.1) is 0 Å². The Morgan fingerprint density at radius 2 is 1.80 bits per heavy atom.